The zero-order chi connectivity index (χ0) is 15.4. The maximum absolute atomic E-state index is 13.1. The Balaban J connectivity index is 2.05. The number of rotatable bonds is 6. The Kier molecular flexibility index (Phi) is 5.37. The molecule has 0 saturated carbocycles. The van der Waals surface area contributed by atoms with Gasteiger partial charge in [0.05, 0.1) is 5.69 Å². The van der Waals surface area contributed by atoms with Gasteiger partial charge in [-0.2, -0.15) is 5.10 Å². The molecule has 5 heteroatoms. The summed E-state index contributed by atoms with van der Waals surface area (Å²) in [5.74, 6) is -0.305. The Morgan fingerprint density at radius 2 is 2.05 bits per heavy atom. The molecular weight excluding hydrogens is 289 g/mol. The molecule has 0 amide bonds. The van der Waals surface area contributed by atoms with E-state index in [-0.39, 0.29) is 11.9 Å². The number of halogens is 2. The van der Waals surface area contributed by atoms with Crippen LogP contribution in [0.2, 0.25) is 5.02 Å². The first-order chi connectivity index (χ1) is 9.99. The molecule has 0 bridgehead atoms. The van der Waals surface area contributed by atoms with E-state index in [1.807, 2.05) is 24.0 Å². The molecule has 1 aromatic heterocycles. The van der Waals surface area contributed by atoms with Crippen molar-refractivity contribution < 1.29 is 4.39 Å². The summed E-state index contributed by atoms with van der Waals surface area (Å²) in [6, 6.07) is 7.16. The van der Waals surface area contributed by atoms with Gasteiger partial charge in [-0.3, -0.25) is 4.68 Å². The SMILES string of the molecule is CNC(Cc1ccn(C(C)C)n1)Cc1ccc(F)cc1Cl. The van der Waals surface area contributed by atoms with Gasteiger partial charge in [0, 0.05) is 29.7 Å². The molecule has 1 heterocycles. The highest BCUT2D eigenvalue weighted by molar-refractivity contribution is 6.31. The fourth-order valence-electron chi connectivity index (χ4n) is 2.26. The zero-order valence-corrected chi connectivity index (χ0v) is 13.4. The number of nitrogens with one attached hydrogen (secondary N) is 1. The van der Waals surface area contributed by atoms with Crippen LogP contribution in [0.4, 0.5) is 4.39 Å². The quantitative estimate of drug-likeness (QED) is 0.883. The van der Waals surface area contributed by atoms with Crippen LogP contribution in [0.3, 0.4) is 0 Å². The summed E-state index contributed by atoms with van der Waals surface area (Å²) in [6.07, 6.45) is 3.55. The Labute approximate surface area is 130 Å². The average Bonchev–Trinajstić information content (AvgIpc) is 2.89. The van der Waals surface area contributed by atoms with Gasteiger partial charge >= 0.3 is 0 Å². The maximum atomic E-state index is 13.1. The largest absolute Gasteiger partial charge is 0.316 e. The van der Waals surface area contributed by atoms with Gasteiger partial charge in [0.25, 0.3) is 0 Å². The van der Waals surface area contributed by atoms with Gasteiger partial charge in [-0.25, -0.2) is 4.39 Å². The molecule has 3 nitrogen and oxygen atoms in total. The highest BCUT2D eigenvalue weighted by Crippen LogP contribution is 2.19. The Morgan fingerprint density at radius 1 is 1.29 bits per heavy atom. The fraction of sp³-hybridized carbons (Fsp3) is 0.438. The molecule has 0 aliphatic carbocycles. The van der Waals surface area contributed by atoms with Crippen molar-refractivity contribution in [1.82, 2.24) is 15.1 Å². The number of nitrogens with zero attached hydrogens (tertiary/aromatic N) is 2. The smallest absolute Gasteiger partial charge is 0.124 e. The lowest BCUT2D eigenvalue weighted by atomic mass is 10.0. The molecule has 0 spiro atoms. The number of hydrogen-bond donors (Lipinski definition) is 1. The molecule has 0 saturated heterocycles. The van der Waals surface area contributed by atoms with E-state index in [9.17, 15) is 4.39 Å². The lowest BCUT2D eigenvalue weighted by Gasteiger charge is -2.16. The van der Waals surface area contributed by atoms with Crippen molar-refractivity contribution in [2.24, 2.45) is 0 Å². The third-order valence-electron chi connectivity index (χ3n) is 3.54. The number of hydrogen-bond acceptors (Lipinski definition) is 2. The summed E-state index contributed by atoms with van der Waals surface area (Å²) in [7, 11) is 1.92. The minimum atomic E-state index is -0.305. The molecule has 1 N–H and O–H groups in total. The first-order valence-corrected chi connectivity index (χ1v) is 7.52. The third-order valence-corrected chi connectivity index (χ3v) is 3.89. The predicted octanol–water partition coefficient (Wildman–Crippen LogP) is 3.63. The van der Waals surface area contributed by atoms with Crippen molar-refractivity contribution in [2.45, 2.75) is 38.8 Å². The monoisotopic (exact) mass is 309 g/mol. The van der Waals surface area contributed by atoms with Crippen molar-refractivity contribution in [1.29, 1.82) is 0 Å². The Hall–Kier alpha value is -1.39. The summed E-state index contributed by atoms with van der Waals surface area (Å²) in [5.41, 5.74) is 1.99. The van der Waals surface area contributed by atoms with Gasteiger partial charge in [-0.1, -0.05) is 17.7 Å². The molecule has 2 aromatic rings. The van der Waals surface area contributed by atoms with Crippen molar-refractivity contribution in [2.75, 3.05) is 7.05 Å². The van der Waals surface area contributed by atoms with E-state index in [0.29, 0.717) is 11.1 Å². The van der Waals surface area contributed by atoms with E-state index in [0.717, 1.165) is 24.1 Å². The maximum Gasteiger partial charge on any atom is 0.124 e. The normalized spacial score (nSPS) is 12.9. The first-order valence-electron chi connectivity index (χ1n) is 7.14. The predicted molar refractivity (Wildman–Crippen MR) is 84.3 cm³/mol. The molecule has 1 aromatic carbocycles. The van der Waals surface area contributed by atoms with Crippen LogP contribution in [0.1, 0.15) is 31.1 Å². The van der Waals surface area contributed by atoms with Crippen molar-refractivity contribution in [3.8, 4) is 0 Å². The fourth-order valence-corrected chi connectivity index (χ4v) is 2.50. The molecule has 0 aliphatic rings. The van der Waals surface area contributed by atoms with Crippen LogP contribution in [0.25, 0.3) is 0 Å². The highest BCUT2D eigenvalue weighted by Gasteiger charge is 2.13. The standard InChI is InChI=1S/C16H21ClFN3/c1-11(2)21-7-6-14(20-21)10-15(19-3)8-12-4-5-13(18)9-16(12)17/h4-7,9,11,15,19H,8,10H2,1-3H3. The second kappa shape index (κ2) is 7.05. The summed E-state index contributed by atoms with van der Waals surface area (Å²) >= 11 is 6.09. The van der Waals surface area contributed by atoms with Crippen LogP contribution in [0, 0.1) is 5.82 Å². The lowest BCUT2D eigenvalue weighted by Crippen LogP contribution is -2.30. The van der Waals surface area contributed by atoms with Gasteiger partial charge in [-0.15, -0.1) is 0 Å². The van der Waals surface area contributed by atoms with E-state index in [1.165, 1.54) is 12.1 Å². The molecular formula is C16H21ClFN3. The minimum Gasteiger partial charge on any atom is -0.316 e. The first kappa shape index (κ1) is 16.0. The molecule has 0 fully saturated rings. The Morgan fingerprint density at radius 3 is 2.62 bits per heavy atom. The van der Waals surface area contributed by atoms with Gasteiger partial charge in [-0.05, 0) is 51.1 Å². The average molecular weight is 310 g/mol. The number of benzene rings is 1. The van der Waals surface area contributed by atoms with Crippen LogP contribution in [0.5, 0.6) is 0 Å². The molecule has 1 atom stereocenters. The van der Waals surface area contributed by atoms with Gasteiger partial charge < -0.3 is 5.32 Å². The molecule has 1 unspecified atom stereocenters. The van der Waals surface area contributed by atoms with E-state index in [1.54, 1.807) is 6.07 Å². The molecule has 0 radical (unpaired) electrons. The van der Waals surface area contributed by atoms with Crippen LogP contribution in [-0.2, 0) is 12.8 Å². The lowest BCUT2D eigenvalue weighted by molar-refractivity contribution is 0.508. The van der Waals surface area contributed by atoms with Crippen molar-refractivity contribution >= 4 is 11.6 Å². The van der Waals surface area contributed by atoms with Crippen molar-refractivity contribution in [3.63, 3.8) is 0 Å². The summed E-state index contributed by atoms with van der Waals surface area (Å²) in [4.78, 5) is 0. The summed E-state index contributed by atoms with van der Waals surface area (Å²) in [6.45, 7) is 4.20. The zero-order valence-electron chi connectivity index (χ0n) is 12.6. The molecule has 0 aliphatic heterocycles. The third kappa shape index (κ3) is 4.29. The minimum absolute atomic E-state index is 0.212. The topological polar surface area (TPSA) is 29.9 Å². The Bertz CT molecular complexity index is 595. The van der Waals surface area contributed by atoms with E-state index in [2.05, 4.69) is 24.3 Å². The van der Waals surface area contributed by atoms with Crippen LogP contribution < -0.4 is 5.32 Å². The van der Waals surface area contributed by atoms with E-state index in [4.69, 9.17) is 11.6 Å². The molecule has 2 rings (SSSR count). The van der Waals surface area contributed by atoms with E-state index >= 15 is 0 Å². The molecule has 114 valence electrons. The van der Waals surface area contributed by atoms with Gasteiger partial charge in [0.2, 0.25) is 0 Å². The highest BCUT2D eigenvalue weighted by atomic mass is 35.5. The van der Waals surface area contributed by atoms with Gasteiger partial charge in [0.1, 0.15) is 5.82 Å². The summed E-state index contributed by atoms with van der Waals surface area (Å²) in [5, 5.41) is 8.31. The second-order valence-corrected chi connectivity index (χ2v) is 5.92. The van der Waals surface area contributed by atoms with Crippen LogP contribution in [0.15, 0.2) is 30.5 Å². The van der Waals surface area contributed by atoms with Crippen LogP contribution in [-0.4, -0.2) is 22.9 Å². The molecule has 21 heavy (non-hydrogen) atoms. The number of aromatic nitrogens is 2. The number of likely N-dealkylation sites (N-methyl/N-ethyl adjacent to an activating group) is 1. The van der Waals surface area contributed by atoms with Gasteiger partial charge in [0.15, 0.2) is 0 Å². The summed E-state index contributed by atoms with van der Waals surface area (Å²) < 4.78 is 15.0. The van der Waals surface area contributed by atoms with Crippen molar-refractivity contribution in [3.05, 3.63) is 52.6 Å². The van der Waals surface area contributed by atoms with E-state index < -0.39 is 0 Å². The second-order valence-electron chi connectivity index (χ2n) is 5.51. The van der Waals surface area contributed by atoms with Crippen LogP contribution >= 0.6 is 11.6 Å².